The second-order valence-corrected chi connectivity index (χ2v) is 7.65. The maximum atomic E-state index is 13.2. The number of imidazole rings is 1. The Morgan fingerprint density at radius 1 is 1.18 bits per heavy atom. The van der Waals surface area contributed by atoms with Gasteiger partial charge < -0.3 is 14.6 Å². The van der Waals surface area contributed by atoms with Crippen molar-refractivity contribution in [2.45, 2.75) is 57.0 Å². The second-order valence-electron chi connectivity index (χ2n) is 7.65. The van der Waals surface area contributed by atoms with Crippen LogP contribution in [0, 0.1) is 0 Å². The van der Waals surface area contributed by atoms with Crippen molar-refractivity contribution in [2.75, 3.05) is 6.54 Å². The van der Waals surface area contributed by atoms with Gasteiger partial charge in [0.05, 0.1) is 30.0 Å². The number of nitrogens with zero attached hydrogens (tertiary/aromatic N) is 5. The molecule has 1 saturated carbocycles. The molecule has 1 fully saturated rings. The molecule has 1 N–H and O–H groups in total. The highest BCUT2D eigenvalue weighted by Gasteiger charge is 2.55. The zero-order chi connectivity index (χ0) is 20.3. The molecule has 7 nitrogen and oxygen atoms in total. The Hall–Kier alpha value is -2.49. The Labute approximate surface area is 159 Å². The average Bonchev–Trinajstić information content (AvgIpc) is 3.38. The Bertz CT molecular complexity index is 903. The van der Waals surface area contributed by atoms with Crippen LogP contribution in [0.15, 0.2) is 18.6 Å². The highest BCUT2D eigenvalue weighted by atomic mass is 19.4. The van der Waals surface area contributed by atoms with Crippen molar-refractivity contribution in [1.82, 2.24) is 24.4 Å². The van der Waals surface area contributed by atoms with E-state index in [-0.39, 0.29) is 19.0 Å². The number of alkyl halides is 3. The normalized spacial score (nSPS) is 21.9. The van der Waals surface area contributed by atoms with E-state index in [2.05, 4.69) is 15.0 Å². The van der Waals surface area contributed by atoms with Crippen LogP contribution >= 0.6 is 0 Å². The fourth-order valence-corrected chi connectivity index (χ4v) is 3.49. The van der Waals surface area contributed by atoms with Crippen LogP contribution in [0.2, 0.25) is 0 Å². The number of aromatic nitrogens is 4. The van der Waals surface area contributed by atoms with E-state index in [1.807, 2.05) is 0 Å². The van der Waals surface area contributed by atoms with E-state index in [4.69, 9.17) is 0 Å². The molecule has 4 rings (SSSR count). The summed E-state index contributed by atoms with van der Waals surface area (Å²) < 4.78 is 41.1. The first-order chi connectivity index (χ1) is 13.1. The van der Waals surface area contributed by atoms with Gasteiger partial charge in [-0.2, -0.15) is 13.2 Å². The van der Waals surface area contributed by atoms with Crippen LogP contribution in [0.5, 0.6) is 0 Å². The summed E-state index contributed by atoms with van der Waals surface area (Å²) >= 11 is 0. The molecule has 2 atom stereocenters. The zero-order valence-electron chi connectivity index (χ0n) is 15.4. The summed E-state index contributed by atoms with van der Waals surface area (Å²) in [6.45, 7) is 2.65. The van der Waals surface area contributed by atoms with Crippen LogP contribution < -0.4 is 0 Å². The van der Waals surface area contributed by atoms with Gasteiger partial charge >= 0.3 is 6.18 Å². The topological polar surface area (TPSA) is 84.1 Å². The quantitative estimate of drug-likeness (QED) is 0.864. The fourth-order valence-electron chi connectivity index (χ4n) is 3.49. The molecule has 0 radical (unpaired) electrons. The van der Waals surface area contributed by atoms with Crippen LogP contribution in [0.1, 0.15) is 66.3 Å². The molecule has 2 aromatic rings. The molecular weight excluding hydrogens is 375 g/mol. The van der Waals surface area contributed by atoms with Gasteiger partial charge in [0.25, 0.3) is 5.91 Å². The Kier molecular flexibility index (Phi) is 4.22. The van der Waals surface area contributed by atoms with Crippen molar-refractivity contribution < 1.29 is 23.1 Å². The summed E-state index contributed by atoms with van der Waals surface area (Å²) in [5.74, 6) is 0.367. The molecule has 1 aliphatic heterocycles. The lowest BCUT2D eigenvalue weighted by molar-refractivity contribution is -0.263. The number of rotatable bonds is 3. The minimum absolute atomic E-state index is 0.0918. The van der Waals surface area contributed by atoms with Crippen molar-refractivity contribution in [3.63, 3.8) is 0 Å². The van der Waals surface area contributed by atoms with Crippen molar-refractivity contribution in [2.24, 2.45) is 0 Å². The molecule has 1 aliphatic carbocycles. The molecular formula is C18H20F3N5O2. The van der Waals surface area contributed by atoms with E-state index >= 15 is 0 Å². The largest absolute Gasteiger partial charge is 0.424 e. The van der Waals surface area contributed by atoms with Crippen molar-refractivity contribution >= 4 is 5.91 Å². The molecule has 0 saturated heterocycles. The maximum absolute atomic E-state index is 13.2. The summed E-state index contributed by atoms with van der Waals surface area (Å²) in [4.78, 5) is 26.7. The average molecular weight is 395 g/mol. The molecule has 0 spiro atoms. The standard InChI is InChI=1S/C18H20F3N5O2/c1-10-8-25(15(27)12-5-22-14(23-6-12)11-3-4-11)9-13-7-24-16(26(10)13)17(2,28)18(19,20)21/h5-7,10-11,28H,3-4,8-9H2,1-2H3/t10-,17+/m0/s1. The van der Waals surface area contributed by atoms with Gasteiger partial charge in [-0.1, -0.05) is 0 Å². The molecule has 1 amide bonds. The number of amides is 1. The lowest BCUT2D eigenvalue weighted by Crippen LogP contribution is -2.45. The molecule has 3 heterocycles. The number of carbonyl (C=O) groups is 1. The Morgan fingerprint density at radius 2 is 1.82 bits per heavy atom. The molecule has 2 aromatic heterocycles. The van der Waals surface area contributed by atoms with Crippen LogP contribution in [-0.2, 0) is 12.1 Å². The molecule has 0 unspecified atom stereocenters. The van der Waals surface area contributed by atoms with E-state index in [0.29, 0.717) is 24.1 Å². The minimum atomic E-state index is -4.86. The van der Waals surface area contributed by atoms with Gasteiger partial charge in [-0.05, 0) is 26.7 Å². The predicted octanol–water partition coefficient (Wildman–Crippen LogP) is 2.54. The molecule has 150 valence electrons. The van der Waals surface area contributed by atoms with Gasteiger partial charge in [0.15, 0.2) is 5.82 Å². The number of aliphatic hydroxyl groups is 1. The van der Waals surface area contributed by atoms with Crippen LogP contribution in [0.25, 0.3) is 0 Å². The summed E-state index contributed by atoms with van der Waals surface area (Å²) in [7, 11) is 0. The third kappa shape index (κ3) is 3.05. The lowest BCUT2D eigenvalue weighted by atomic mass is 10.0. The Morgan fingerprint density at radius 3 is 2.39 bits per heavy atom. The van der Waals surface area contributed by atoms with E-state index in [9.17, 15) is 23.1 Å². The van der Waals surface area contributed by atoms with Gasteiger partial charge in [-0.3, -0.25) is 4.79 Å². The van der Waals surface area contributed by atoms with E-state index in [1.165, 1.54) is 28.1 Å². The smallest absolute Gasteiger partial charge is 0.374 e. The number of hydrogen-bond acceptors (Lipinski definition) is 5. The van der Waals surface area contributed by atoms with Gasteiger partial charge in [0.1, 0.15) is 5.82 Å². The number of hydrogen-bond donors (Lipinski definition) is 1. The zero-order valence-corrected chi connectivity index (χ0v) is 15.4. The van der Waals surface area contributed by atoms with E-state index in [1.54, 1.807) is 6.92 Å². The van der Waals surface area contributed by atoms with Crippen molar-refractivity contribution in [3.05, 3.63) is 41.5 Å². The fraction of sp³-hybridized carbons (Fsp3) is 0.556. The predicted molar refractivity (Wildman–Crippen MR) is 91.3 cm³/mol. The first-order valence-electron chi connectivity index (χ1n) is 9.06. The monoisotopic (exact) mass is 395 g/mol. The molecule has 10 heteroatoms. The summed E-state index contributed by atoms with van der Waals surface area (Å²) in [6.07, 6.45) is 1.54. The highest BCUT2D eigenvalue weighted by molar-refractivity contribution is 5.93. The molecule has 0 aromatic carbocycles. The van der Waals surface area contributed by atoms with E-state index < -0.39 is 23.6 Å². The molecule has 28 heavy (non-hydrogen) atoms. The van der Waals surface area contributed by atoms with Crippen LogP contribution in [0.3, 0.4) is 0 Å². The SMILES string of the molecule is C[C@H]1CN(C(=O)c2cnc(C3CC3)nc2)Cc2cnc([C@@](C)(O)C(F)(F)F)n21. The summed E-state index contributed by atoms with van der Waals surface area (Å²) in [5, 5.41) is 10.0. The number of fused-ring (bicyclic) bond motifs is 1. The summed E-state index contributed by atoms with van der Waals surface area (Å²) in [6, 6.07) is -0.481. The number of halogens is 3. The summed E-state index contributed by atoms with van der Waals surface area (Å²) in [5.41, 5.74) is -2.30. The van der Waals surface area contributed by atoms with E-state index in [0.717, 1.165) is 18.7 Å². The maximum Gasteiger partial charge on any atom is 0.424 e. The van der Waals surface area contributed by atoms with Gasteiger partial charge in [0, 0.05) is 24.9 Å². The van der Waals surface area contributed by atoms with Crippen molar-refractivity contribution in [1.29, 1.82) is 0 Å². The van der Waals surface area contributed by atoms with Gasteiger partial charge in [-0.15, -0.1) is 0 Å². The van der Waals surface area contributed by atoms with Crippen LogP contribution in [0.4, 0.5) is 13.2 Å². The first-order valence-corrected chi connectivity index (χ1v) is 9.06. The minimum Gasteiger partial charge on any atom is -0.374 e. The first kappa shape index (κ1) is 18.9. The van der Waals surface area contributed by atoms with Crippen molar-refractivity contribution in [3.8, 4) is 0 Å². The lowest BCUT2D eigenvalue weighted by Gasteiger charge is -2.36. The van der Waals surface area contributed by atoms with Gasteiger partial charge in [0.2, 0.25) is 5.60 Å². The highest BCUT2D eigenvalue weighted by Crippen LogP contribution is 2.40. The Balaban J connectivity index is 1.58. The number of carbonyl (C=O) groups excluding carboxylic acids is 1. The molecule has 0 bridgehead atoms. The third-order valence-corrected chi connectivity index (χ3v) is 5.29. The third-order valence-electron chi connectivity index (χ3n) is 5.29. The van der Waals surface area contributed by atoms with Gasteiger partial charge in [-0.25, -0.2) is 15.0 Å². The second kappa shape index (κ2) is 6.26. The molecule has 2 aliphatic rings. The van der Waals surface area contributed by atoms with Crippen LogP contribution in [-0.4, -0.2) is 48.2 Å².